The maximum Gasteiger partial charge on any atom is 0.513 e. The van der Waals surface area contributed by atoms with E-state index in [1.807, 2.05) is 0 Å². The van der Waals surface area contributed by atoms with E-state index in [2.05, 4.69) is 4.74 Å². The molecule has 6 heteroatoms. The third-order valence-corrected chi connectivity index (χ3v) is 2.13. The molecule has 98 valence electrons. The summed E-state index contributed by atoms with van der Waals surface area (Å²) in [5, 5.41) is 0.342. The van der Waals surface area contributed by atoms with Gasteiger partial charge < -0.3 is 14.2 Å². The van der Waals surface area contributed by atoms with Crippen molar-refractivity contribution in [2.45, 2.75) is 13.8 Å². The van der Waals surface area contributed by atoms with E-state index < -0.39 is 12.1 Å². The Bertz CT molecular complexity index is 444. The van der Waals surface area contributed by atoms with Gasteiger partial charge in [-0.1, -0.05) is 11.6 Å². The molecule has 0 heterocycles. The molecule has 0 aromatic heterocycles. The van der Waals surface area contributed by atoms with Crippen molar-refractivity contribution in [1.29, 1.82) is 0 Å². The van der Waals surface area contributed by atoms with Gasteiger partial charge in [0.05, 0.1) is 13.2 Å². The Hall–Kier alpha value is -1.75. The Morgan fingerprint density at radius 3 is 2.44 bits per heavy atom. The third-order valence-electron chi connectivity index (χ3n) is 1.89. The maximum atomic E-state index is 11.6. The second-order valence-corrected chi connectivity index (χ2v) is 3.58. The van der Waals surface area contributed by atoms with Gasteiger partial charge in [-0.25, -0.2) is 9.59 Å². The number of hydrogen-bond acceptors (Lipinski definition) is 5. The lowest BCUT2D eigenvalue weighted by Gasteiger charge is -2.09. The van der Waals surface area contributed by atoms with Crippen LogP contribution < -0.4 is 4.74 Å². The normalized spacial score (nSPS) is 9.72. The molecule has 18 heavy (non-hydrogen) atoms. The van der Waals surface area contributed by atoms with Crippen LogP contribution in [0.2, 0.25) is 5.02 Å². The van der Waals surface area contributed by atoms with Crippen LogP contribution in [0, 0.1) is 0 Å². The molecule has 0 bridgehead atoms. The van der Waals surface area contributed by atoms with E-state index in [1.165, 1.54) is 18.2 Å². The largest absolute Gasteiger partial charge is 0.513 e. The molecule has 0 atom stereocenters. The van der Waals surface area contributed by atoms with Gasteiger partial charge in [0.15, 0.2) is 0 Å². The Morgan fingerprint density at radius 1 is 1.17 bits per heavy atom. The molecule has 0 saturated heterocycles. The lowest BCUT2D eigenvalue weighted by molar-refractivity contribution is 0.0521. The highest BCUT2D eigenvalue weighted by Crippen LogP contribution is 2.24. The smallest absolute Gasteiger partial charge is 0.462 e. The van der Waals surface area contributed by atoms with Crippen LogP contribution in [0.3, 0.4) is 0 Å². The first-order valence-electron chi connectivity index (χ1n) is 5.39. The van der Waals surface area contributed by atoms with Crippen LogP contribution in [0.1, 0.15) is 24.2 Å². The molecule has 0 fully saturated rings. The summed E-state index contributed by atoms with van der Waals surface area (Å²) in [6.07, 6.45) is -0.884. The Balaban J connectivity index is 2.96. The highest BCUT2D eigenvalue weighted by atomic mass is 35.5. The average Bonchev–Trinajstić information content (AvgIpc) is 2.32. The summed E-state index contributed by atoms with van der Waals surface area (Å²) in [5.74, 6) is -0.560. The Morgan fingerprint density at radius 2 is 1.83 bits per heavy atom. The van der Waals surface area contributed by atoms with Crippen LogP contribution in [-0.2, 0) is 9.47 Å². The van der Waals surface area contributed by atoms with Gasteiger partial charge in [-0.15, -0.1) is 0 Å². The number of rotatable bonds is 4. The van der Waals surface area contributed by atoms with Gasteiger partial charge in [0.25, 0.3) is 0 Å². The highest BCUT2D eigenvalue weighted by molar-refractivity contribution is 6.31. The van der Waals surface area contributed by atoms with Crippen molar-refractivity contribution in [2.75, 3.05) is 13.2 Å². The second kappa shape index (κ2) is 6.86. The van der Waals surface area contributed by atoms with E-state index in [-0.39, 0.29) is 24.5 Å². The predicted molar refractivity (Wildman–Crippen MR) is 65.1 cm³/mol. The van der Waals surface area contributed by atoms with Crippen LogP contribution >= 0.6 is 11.6 Å². The van der Waals surface area contributed by atoms with Crippen LogP contribution in [0.4, 0.5) is 4.79 Å². The summed E-state index contributed by atoms with van der Waals surface area (Å²) in [7, 11) is 0. The summed E-state index contributed by atoms with van der Waals surface area (Å²) < 4.78 is 14.3. The minimum atomic E-state index is -0.884. The first kappa shape index (κ1) is 14.3. The first-order valence-corrected chi connectivity index (χ1v) is 5.77. The molecule has 1 aromatic rings. The van der Waals surface area contributed by atoms with Crippen LogP contribution in [0.5, 0.6) is 5.75 Å². The summed E-state index contributed by atoms with van der Waals surface area (Å²) in [6, 6.07) is 4.28. The van der Waals surface area contributed by atoms with Gasteiger partial charge in [0.2, 0.25) is 0 Å². The summed E-state index contributed by atoms with van der Waals surface area (Å²) in [5.41, 5.74) is 0.0809. The fraction of sp³-hybridized carbons (Fsp3) is 0.333. The number of carbonyl (C=O) groups excluding carboxylic acids is 2. The van der Waals surface area contributed by atoms with E-state index >= 15 is 0 Å². The number of carbonyl (C=O) groups is 2. The number of halogens is 1. The van der Waals surface area contributed by atoms with Gasteiger partial charge in [-0.3, -0.25) is 0 Å². The lowest BCUT2D eigenvalue weighted by Crippen LogP contribution is -2.14. The quantitative estimate of drug-likeness (QED) is 0.623. The van der Waals surface area contributed by atoms with E-state index in [9.17, 15) is 9.59 Å². The zero-order valence-electron chi connectivity index (χ0n) is 10.1. The molecule has 0 radical (unpaired) electrons. The fourth-order valence-electron chi connectivity index (χ4n) is 1.20. The Labute approximate surface area is 110 Å². The van der Waals surface area contributed by atoms with Crippen LogP contribution in [0.15, 0.2) is 18.2 Å². The molecule has 0 unspecified atom stereocenters. The van der Waals surface area contributed by atoms with Crippen molar-refractivity contribution in [3.8, 4) is 5.75 Å². The molecule has 0 aliphatic heterocycles. The van der Waals surface area contributed by atoms with Crippen molar-refractivity contribution in [2.24, 2.45) is 0 Å². The Kier molecular flexibility index (Phi) is 5.45. The van der Waals surface area contributed by atoms with Gasteiger partial charge in [0, 0.05) is 5.02 Å². The number of benzene rings is 1. The topological polar surface area (TPSA) is 61.8 Å². The second-order valence-electron chi connectivity index (χ2n) is 3.15. The zero-order valence-corrected chi connectivity index (χ0v) is 10.8. The summed E-state index contributed by atoms with van der Waals surface area (Å²) in [6.45, 7) is 3.72. The van der Waals surface area contributed by atoms with Gasteiger partial charge in [-0.2, -0.15) is 0 Å². The van der Waals surface area contributed by atoms with Gasteiger partial charge in [0.1, 0.15) is 11.3 Å². The van der Waals surface area contributed by atoms with Gasteiger partial charge in [-0.05, 0) is 32.0 Å². The van der Waals surface area contributed by atoms with Crippen molar-refractivity contribution >= 4 is 23.7 Å². The van der Waals surface area contributed by atoms with E-state index in [4.69, 9.17) is 21.1 Å². The van der Waals surface area contributed by atoms with E-state index in [0.29, 0.717) is 5.02 Å². The molecule has 0 saturated carbocycles. The number of hydrogen-bond donors (Lipinski definition) is 0. The standard InChI is InChI=1S/C12H13ClO5/c1-3-16-11(14)9-7-8(13)5-6-10(9)18-12(15)17-4-2/h5-7H,3-4H2,1-2H3. The molecule has 5 nitrogen and oxygen atoms in total. The van der Waals surface area contributed by atoms with Crippen molar-refractivity contribution in [3.63, 3.8) is 0 Å². The molecular formula is C12H13ClO5. The monoisotopic (exact) mass is 272 g/mol. The van der Waals surface area contributed by atoms with Crippen LogP contribution in [-0.4, -0.2) is 25.3 Å². The molecule has 1 rings (SSSR count). The highest BCUT2D eigenvalue weighted by Gasteiger charge is 2.17. The molecular weight excluding hydrogens is 260 g/mol. The predicted octanol–water partition coefficient (Wildman–Crippen LogP) is 3.05. The minimum absolute atomic E-state index is 0.0521. The average molecular weight is 273 g/mol. The molecule has 0 spiro atoms. The SMILES string of the molecule is CCOC(=O)Oc1ccc(Cl)cc1C(=O)OCC. The first-order chi connectivity index (χ1) is 8.58. The molecule has 0 aliphatic rings. The molecule has 1 aromatic carbocycles. The molecule has 0 N–H and O–H groups in total. The minimum Gasteiger partial charge on any atom is -0.462 e. The lowest BCUT2D eigenvalue weighted by atomic mass is 10.2. The van der Waals surface area contributed by atoms with Crippen LogP contribution in [0.25, 0.3) is 0 Å². The van der Waals surface area contributed by atoms with Gasteiger partial charge >= 0.3 is 12.1 Å². The maximum absolute atomic E-state index is 11.6. The number of ether oxygens (including phenoxy) is 3. The summed E-state index contributed by atoms with van der Waals surface area (Å²) >= 11 is 5.78. The van der Waals surface area contributed by atoms with Crippen molar-refractivity contribution < 1.29 is 23.8 Å². The fourth-order valence-corrected chi connectivity index (χ4v) is 1.37. The molecule has 0 aliphatic carbocycles. The van der Waals surface area contributed by atoms with E-state index in [1.54, 1.807) is 13.8 Å². The summed E-state index contributed by atoms with van der Waals surface area (Å²) in [4.78, 5) is 22.8. The van der Waals surface area contributed by atoms with E-state index in [0.717, 1.165) is 0 Å². The molecule has 0 amide bonds. The third kappa shape index (κ3) is 3.92. The van der Waals surface area contributed by atoms with Crippen molar-refractivity contribution in [1.82, 2.24) is 0 Å². The van der Waals surface area contributed by atoms with Crippen molar-refractivity contribution in [3.05, 3.63) is 28.8 Å². The zero-order chi connectivity index (χ0) is 13.5. The number of esters is 1.